The molecule has 0 radical (unpaired) electrons. The van der Waals surface area contributed by atoms with Crippen LogP contribution in [0.3, 0.4) is 0 Å². The fourth-order valence-corrected chi connectivity index (χ4v) is 1.77. The van der Waals surface area contributed by atoms with Gasteiger partial charge in [0.25, 0.3) is 6.43 Å². The number of hydrogen-bond donors (Lipinski definition) is 2. The quantitative estimate of drug-likeness (QED) is 0.779. The van der Waals surface area contributed by atoms with Crippen LogP contribution in [-0.2, 0) is 4.79 Å². The van der Waals surface area contributed by atoms with E-state index in [0.717, 1.165) is 11.8 Å². The van der Waals surface area contributed by atoms with Gasteiger partial charge in [0.1, 0.15) is 11.9 Å². The molecule has 1 amide bonds. The lowest BCUT2D eigenvalue weighted by Gasteiger charge is -2.10. The van der Waals surface area contributed by atoms with Crippen LogP contribution in [0.2, 0.25) is 0 Å². The van der Waals surface area contributed by atoms with Crippen molar-refractivity contribution in [2.75, 3.05) is 12.3 Å². The van der Waals surface area contributed by atoms with Gasteiger partial charge in [-0.05, 0) is 24.3 Å². The first-order valence-electron chi connectivity index (χ1n) is 5.10. The van der Waals surface area contributed by atoms with Gasteiger partial charge in [0, 0.05) is 11.4 Å². The van der Waals surface area contributed by atoms with E-state index in [1.165, 1.54) is 24.3 Å². The lowest BCUT2D eigenvalue weighted by Crippen LogP contribution is -2.36. The monoisotopic (exact) mass is 279 g/mol. The normalized spacial score (nSPS) is 12.5. The highest BCUT2D eigenvalue weighted by atomic mass is 32.2. The van der Waals surface area contributed by atoms with Gasteiger partial charge in [-0.3, -0.25) is 4.79 Å². The van der Waals surface area contributed by atoms with Gasteiger partial charge in [-0.15, -0.1) is 11.8 Å². The Morgan fingerprint density at radius 2 is 1.94 bits per heavy atom. The van der Waals surface area contributed by atoms with Gasteiger partial charge in [-0.25, -0.2) is 13.2 Å². The van der Waals surface area contributed by atoms with E-state index >= 15 is 0 Å². The van der Waals surface area contributed by atoms with E-state index in [1.807, 2.05) is 0 Å². The van der Waals surface area contributed by atoms with Crippen LogP contribution >= 0.6 is 11.8 Å². The highest BCUT2D eigenvalue weighted by Crippen LogP contribution is 2.17. The lowest BCUT2D eigenvalue weighted by atomic mass is 10.3. The molecule has 2 N–H and O–H groups in total. The van der Waals surface area contributed by atoms with Crippen molar-refractivity contribution in [2.45, 2.75) is 17.4 Å². The fourth-order valence-electron chi connectivity index (χ4n) is 1.04. The standard InChI is InChI=1S/C11H12F3NO2S/c12-7-1-3-8(4-2-7)18-6-10(17)15-5-9(16)11(13)14/h1-4,9,11,16H,5-6H2,(H,15,17). The summed E-state index contributed by atoms with van der Waals surface area (Å²) in [5.74, 6) is -0.824. The minimum atomic E-state index is -2.88. The van der Waals surface area contributed by atoms with Crippen LogP contribution in [0.15, 0.2) is 29.2 Å². The lowest BCUT2D eigenvalue weighted by molar-refractivity contribution is -0.119. The Hall–Kier alpha value is -1.21. The molecule has 100 valence electrons. The maximum absolute atomic E-state index is 12.6. The zero-order chi connectivity index (χ0) is 13.5. The van der Waals surface area contributed by atoms with Crippen molar-refractivity contribution >= 4 is 17.7 Å². The molecule has 18 heavy (non-hydrogen) atoms. The number of thioether (sulfide) groups is 1. The molecule has 0 bridgehead atoms. The Morgan fingerprint density at radius 1 is 1.33 bits per heavy atom. The van der Waals surface area contributed by atoms with E-state index in [9.17, 15) is 18.0 Å². The number of hydrogen-bond acceptors (Lipinski definition) is 3. The minimum Gasteiger partial charge on any atom is -0.385 e. The first-order chi connectivity index (χ1) is 8.49. The van der Waals surface area contributed by atoms with Gasteiger partial charge in [0.05, 0.1) is 5.75 Å². The van der Waals surface area contributed by atoms with Crippen LogP contribution in [0, 0.1) is 5.82 Å². The van der Waals surface area contributed by atoms with Crippen molar-refractivity contribution in [3.63, 3.8) is 0 Å². The van der Waals surface area contributed by atoms with Crippen LogP contribution in [-0.4, -0.2) is 35.8 Å². The van der Waals surface area contributed by atoms with Crippen LogP contribution in [0.25, 0.3) is 0 Å². The summed E-state index contributed by atoms with van der Waals surface area (Å²) in [6.07, 6.45) is -4.74. The summed E-state index contributed by atoms with van der Waals surface area (Å²) in [5.41, 5.74) is 0. The number of amides is 1. The Kier molecular flexibility index (Phi) is 6.00. The van der Waals surface area contributed by atoms with Crippen molar-refractivity contribution in [3.05, 3.63) is 30.1 Å². The van der Waals surface area contributed by atoms with E-state index in [-0.39, 0.29) is 11.6 Å². The topological polar surface area (TPSA) is 49.3 Å². The zero-order valence-corrected chi connectivity index (χ0v) is 10.1. The van der Waals surface area contributed by atoms with Crippen molar-refractivity contribution in [2.24, 2.45) is 0 Å². The molecule has 0 heterocycles. The molecule has 0 aliphatic rings. The molecule has 1 atom stereocenters. The number of nitrogens with one attached hydrogen (secondary N) is 1. The number of rotatable bonds is 6. The van der Waals surface area contributed by atoms with Gasteiger partial charge >= 0.3 is 0 Å². The van der Waals surface area contributed by atoms with Gasteiger partial charge in [-0.1, -0.05) is 0 Å². The van der Waals surface area contributed by atoms with Crippen molar-refractivity contribution in [1.82, 2.24) is 5.32 Å². The number of aliphatic hydroxyl groups excluding tert-OH is 1. The molecule has 1 aromatic carbocycles. The number of halogens is 3. The zero-order valence-electron chi connectivity index (χ0n) is 9.28. The molecule has 0 aromatic heterocycles. The molecule has 0 aliphatic carbocycles. The Balaban J connectivity index is 2.27. The number of benzene rings is 1. The second-order valence-corrected chi connectivity index (χ2v) is 4.50. The molecule has 1 aromatic rings. The molecule has 0 saturated heterocycles. The van der Waals surface area contributed by atoms with Crippen LogP contribution in [0.1, 0.15) is 0 Å². The number of aliphatic hydroxyl groups is 1. The fraction of sp³-hybridized carbons (Fsp3) is 0.364. The number of alkyl halides is 2. The van der Waals surface area contributed by atoms with Crippen LogP contribution in [0.5, 0.6) is 0 Å². The number of carbonyl (C=O) groups excluding carboxylic acids is 1. The molecule has 3 nitrogen and oxygen atoms in total. The Bertz CT molecular complexity index is 386. The average molecular weight is 279 g/mol. The maximum atomic E-state index is 12.6. The predicted molar refractivity (Wildman–Crippen MR) is 62.1 cm³/mol. The molecule has 1 rings (SSSR count). The molecule has 0 fully saturated rings. The highest BCUT2D eigenvalue weighted by molar-refractivity contribution is 8.00. The summed E-state index contributed by atoms with van der Waals surface area (Å²) in [5, 5.41) is 11.0. The smallest absolute Gasteiger partial charge is 0.265 e. The summed E-state index contributed by atoms with van der Waals surface area (Å²) in [7, 11) is 0. The summed E-state index contributed by atoms with van der Waals surface area (Å²) in [4.78, 5) is 11.9. The summed E-state index contributed by atoms with van der Waals surface area (Å²) in [6.45, 7) is -0.486. The number of carbonyl (C=O) groups is 1. The van der Waals surface area contributed by atoms with E-state index in [0.29, 0.717) is 4.90 Å². The molecular formula is C11H12F3NO2S. The second-order valence-electron chi connectivity index (χ2n) is 3.45. The summed E-state index contributed by atoms with van der Waals surface area (Å²) in [6, 6.07) is 5.56. The SMILES string of the molecule is O=C(CSc1ccc(F)cc1)NCC(O)C(F)F. The van der Waals surface area contributed by atoms with Crippen molar-refractivity contribution < 1.29 is 23.1 Å². The summed E-state index contributed by atoms with van der Waals surface area (Å²) >= 11 is 1.15. The third kappa shape index (κ3) is 5.42. The second kappa shape index (κ2) is 7.27. The van der Waals surface area contributed by atoms with E-state index in [2.05, 4.69) is 5.32 Å². The van der Waals surface area contributed by atoms with Crippen molar-refractivity contribution in [1.29, 1.82) is 0 Å². The molecule has 0 spiro atoms. The molecular weight excluding hydrogens is 267 g/mol. The highest BCUT2D eigenvalue weighted by Gasteiger charge is 2.17. The minimum absolute atomic E-state index is 0.0155. The molecule has 1 unspecified atom stereocenters. The first kappa shape index (κ1) is 14.8. The van der Waals surface area contributed by atoms with E-state index in [1.54, 1.807) is 0 Å². The van der Waals surface area contributed by atoms with E-state index in [4.69, 9.17) is 5.11 Å². The average Bonchev–Trinajstić information content (AvgIpc) is 2.35. The first-order valence-corrected chi connectivity index (χ1v) is 6.09. The predicted octanol–water partition coefficient (Wildman–Crippen LogP) is 1.66. The third-order valence-electron chi connectivity index (χ3n) is 1.98. The maximum Gasteiger partial charge on any atom is 0.265 e. The van der Waals surface area contributed by atoms with Crippen molar-refractivity contribution in [3.8, 4) is 0 Å². The van der Waals surface area contributed by atoms with Gasteiger partial charge < -0.3 is 10.4 Å². The largest absolute Gasteiger partial charge is 0.385 e. The van der Waals surface area contributed by atoms with Gasteiger partial charge in [0.2, 0.25) is 5.91 Å². The van der Waals surface area contributed by atoms with Crippen LogP contribution in [0.4, 0.5) is 13.2 Å². The molecule has 7 heteroatoms. The van der Waals surface area contributed by atoms with Crippen LogP contribution < -0.4 is 5.32 Å². The molecule has 0 aliphatic heterocycles. The summed E-state index contributed by atoms with van der Waals surface area (Å²) < 4.78 is 36.4. The Morgan fingerprint density at radius 3 is 2.50 bits per heavy atom. The van der Waals surface area contributed by atoms with E-state index < -0.39 is 25.0 Å². The molecule has 0 saturated carbocycles. The van der Waals surface area contributed by atoms with Gasteiger partial charge in [-0.2, -0.15) is 0 Å². The van der Waals surface area contributed by atoms with Gasteiger partial charge in [0.15, 0.2) is 0 Å². The third-order valence-corrected chi connectivity index (χ3v) is 2.99. The Labute approximate surface area is 106 Å².